The number of halogens is 2. The second kappa shape index (κ2) is 4.65. The third kappa shape index (κ3) is 2.51. The van der Waals surface area contributed by atoms with Crippen molar-refractivity contribution >= 4 is 11.6 Å². The summed E-state index contributed by atoms with van der Waals surface area (Å²) in [6.45, 7) is 0.149. The van der Waals surface area contributed by atoms with E-state index >= 15 is 0 Å². The Labute approximate surface area is 101 Å². The zero-order valence-corrected chi connectivity index (χ0v) is 9.46. The van der Waals surface area contributed by atoms with E-state index in [9.17, 15) is 9.18 Å². The van der Waals surface area contributed by atoms with E-state index in [1.165, 1.54) is 18.2 Å². The number of hydrogen-bond donors (Lipinski definition) is 2. The summed E-state index contributed by atoms with van der Waals surface area (Å²) in [6, 6.07) is 5.17. The van der Waals surface area contributed by atoms with E-state index in [1.807, 2.05) is 0 Å². The Hall–Kier alpha value is -1.72. The van der Waals surface area contributed by atoms with Crippen LogP contribution in [0, 0.1) is 5.82 Å². The Balaban J connectivity index is 2.60. The predicted molar refractivity (Wildman–Crippen MR) is 63.2 cm³/mol. The lowest BCUT2D eigenvalue weighted by atomic mass is 10.2. The van der Waals surface area contributed by atoms with Crippen molar-refractivity contribution in [3.8, 4) is 11.4 Å². The standard InChI is InChI=1S/C11H9ClFN3O/c12-9-3-6(13)1-2-8(9)11-15-7(5-14)4-10(17)16-11/h1-4H,5,14H2,(H,15,16,17). The highest BCUT2D eigenvalue weighted by Crippen LogP contribution is 2.25. The second-order valence-corrected chi connectivity index (χ2v) is 3.82. The normalized spacial score (nSPS) is 10.5. The van der Waals surface area contributed by atoms with Gasteiger partial charge in [-0.1, -0.05) is 11.6 Å². The smallest absolute Gasteiger partial charge is 0.251 e. The van der Waals surface area contributed by atoms with Crippen LogP contribution in [-0.2, 0) is 6.54 Å². The van der Waals surface area contributed by atoms with Crippen molar-refractivity contribution in [1.29, 1.82) is 0 Å². The molecule has 0 spiro atoms. The number of rotatable bonds is 2. The summed E-state index contributed by atoms with van der Waals surface area (Å²) in [7, 11) is 0. The van der Waals surface area contributed by atoms with E-state index in [2.05, 4.69) is 9.97 Å². The number of nitrogens with zero attached hydrogens (tertiary/aromatic N) is 1. The average molecular weight is 254 g/mol. The number of benzene rings is 1. The van der Waals surface area contributed by atoms with Gasteiger partial charge in [0.1, 0.15) is 11.6 Å². The molecule has 2 rings (SSSR count). The summed E-state index contributed by atoms with van der Waals surface area (Å²) in [5.74, 6) is -0.168. The van der Waals surface area contributed by atoms with Crippen molar-refractivity contribution in [3.05, 3.63) is 51.2 Å². The van der Waals surface area contributed by atoms with Gasteiger partial charge in [0.05, 0.1) is 10.7 Å². The third-order valence-corrected chi connectivity index (χ3v) is 2.50. The SMILES string of the molecule is NCc1cc(=O)[nH]c(-c2ccc(F)cc2Cl)n1. The molecule has 2 aromatic rings. The minimum Gasteiger partial charge on any atom is -0.325 e. The molecule has 0 aliphatic carbocycles. The van der Waals surface area contributed by atoms with Crippen LogP contribution in [0.4, 0.5) is 4.39 Å². The number of nitrogens with one attached hydrogen (secondary N) is 1. The molecule has 1 aromatic carbocycles. The molecular formula is C11H9ClFN3O. The number of aromatic nitrogens is 2. The molecule has 0 aliphatic heterocycles. The summed E-state index contributed by atoms with van der Waals surface area (Å²) in [5.41, 5.74) is 6.00. The number of H-pyrrole nitrogens is 1. The molecule has 4 nitrogen and oxygen atoms in total. The Morgan fingerprint density at radius 3 is 2.82 bits per heavy atom. The molecule has 3 N–H and O–H groups in total. The molecule has 0 bridgehead atoms. The summed E-state index contributed by atoms with van der Waals surface area (Å²) in [6.07, 6.45) is 0. The Morgan fingerprint density at radius 1 is 1.41 bits per heavy atom. The fraction of sp³-hybridized carbons (Fsp3) is 0.0909. The highest BCUT2D eigenvalue weighted by Gasteiger charge is 2.08. The molecular weight excluding hydrogens is 245 g/mol. The zero-order chi connectivity index (χ0) is 12.4. The van der Waals surface area contributed by atoms with E-state index in [0.29, 0.717) is 11.3 Å². The van der Waals surface area contributed by atoms with E-state index in [-0.39, 0.29) is 23.0 Å². The Morgan fingerprint density at radius 2 is 2.18 bits per heavy atom. The van der Waals surface area contributed by atoms with Crippen molar-refractivity contribution < 1.29 is 4.39 Å². The van der Waals surface area contributed by atoms with Crippen molar-refractivity contribution in [2.24, 2.45) is 5.73 Å². The number of nitrogens with two attached hydrogens (primary N) is 1. The lowest BCUT2D eigenvalue weighted by molar-refractivity contribution is 0.628. The van der Waals surface area contributed by atoms with Gasteiger partial charge in [-0.2, -0.15) is 0 Å². The van der Waals surface area contributed by atoms with Gasteiger partial charge in [-0.15, -0.1) is 0 Å². The third-order valence-electron chi connectivity index (χ3n) is 2.19. The first kappa shape index (κ1) is 11.8. The minimum absolute atomic E-state index is 0.149. The predicted octanol–water partition coefficient (Wildman–Crippen LogP) is 1.69. The van der Waals surface area contributed by atoms with Crippen LogP contribution in [0.1, 0.15) is 5.69 Å². The van der Waals surface area contributed by atoms with Gasteiger partial charge in [-0.05, 0) is 18.2 Å². The van der Waals surface area contributed by atoms with Crippen molar-refractivity contribution in [2.75, 3.05) is 0 Å². The van der Waals surface area contributed by atoms with Crippen LogP contribution in [-0.4, -0.2) is 9.97 Å². The molecule has 17 heavy (non-hydrogen) atoms. The maximum Gasteiger partial charge on any atom is 0.251 e. The first-order valence-electron chi connectivity index (χ1n) is 4.86. The quantitative estimate of drug-likeness (QED) is 0.856. The first-order chi connectivity index (χ1) is 8.10. The fourth-order valence-corrected chi connectivity index (χ4v) is 1.68. The minimum atomic E-state index is -0.448. The molecule has 88 valence electrons. The van der Waals surface area contributed by atoms with Crippen molar-refractivity contribution in [1.82, 2.24) is 9.97 Å². The van der Waals surface area contributed by atoms with Gasteiger partial charge in [0.25, 0.3) is 5.56 Å². The first-order valence-corrected chi connectivity index (χ1v) is 5.23. The van der Waals surface area contributed by atoms with Crippen molar-refractivity contribution in [3.63, 3.8) is 0 Å². The summed E-state index contributed by atoms with van der Waals surface area (Å²) in [5, 5.41) is 0.183. The van der Waals surface area contributed by atoms with Gasteiger partial charge >= 0.3 is 0 Å². The second-order valence-electron chi connectivity index (χ2n) is 3.41. The van der Waals surface area contributed by atoms with Crippen LogP contribution in [0.25, 0.3) is 11.4 Å². The van der Waals surface area contributed by atoms with Gasteiger partial charge < -0.3 is 10.7 Å². The molecule has 0 radical (unpaired) electrons. The Bertz CT molecular complexity index is 612. The molecule has 1 aromatic heterocycles. The molecule has 0 saturated heterocycles. The average Bonchev–Trinajstić information content (AvgIpc) is 2.28. The molecule has 0 fully saturated rings. The molecule has 0 aliphatic rings. The van der Waals surface area contributed by atoms with Gasteiger partial charge in [0, 0.05) is 18.2 Å². The Kier molecular flexibility index (Phi) is 3.21. The maximum atomic E-state index is 12.9. The van der Waals surface area contributed by atoms with E-state index in [0.717, 1.165) is 6.07 Å². The van der Waals surface area contributed by atoms with Gasteiger partial charge in [0.2, 0.25) is 0 Å². The molecule has 1 heterocycles. The largest absolute Gasteiger partial charge is 0.325 e. The van der Waals surface area contributed by atoms with Gasteiger partial charge in [-0.3, -0.25) is 4.79 Å². The monoisotopic (exact) mass is 253 g/mol. The van der Waals surface area contributed by atoms with Crippen LogP contribution in [0.15, 0.2) is 29.1 Å². The van der Waals surface area contributed by atoms with Crippen molar-refractivity contribution in [2.45, 2.75) is 6.54 Å². The lowest BCUT2D eigenvalue weighted by Crippen LogP contribution is -2.12. The van der Waals surface area contributed by atoms with Crippen LogP contribution in [0.2, 0.25) is 5.02 Å². The van der Waals surface area contributed by atoms with E-state index in [4.69, 9.17) is 17.3 Å². The maximum absolute atomic E-state index is 12.9. The summed E-state index contributed by atoms with van der Waals surface area (Å²) < 4.78 is 12.9. The van der Waals surface area contributed by atoms with Gasteiger partial charge in [-0.25, -0.2) is 9.37 Å². The number of hydrogen-bond acceptors (Lipinski definition) is 3. The molecule has 6 heteroatoms. The summed E-state index contributed by atoms with van der Waals surface area (Å²) >= 11 is 5.88. The van der Waals surface area contributed by atoms with Crippen LogP contribution < -0.4 is 11.3 Å². The van der Waals surface area contributed by atoms with Crippen LogP contribution in [0.5, 0.6) is 0 Å². The lowest BCUT2D eigenvalue weighted by Gasteiger charge is -2.05. The van der Waals surface area contributed by atoms with E-state index < -0.39 is 5.82 Å². The molecule has 0 saturated carbocycles. The highest BCUT2D eigenvalue weighted by molar-refractivity contribution is 6.33. The topological polar surface area (TPSA) is 71.8 Å². The molecule has 0 unspecified atom stereocenters. The molecule has 0 amide bonds. The zero-order valence-electron chi connectivity index (χ0n) is 8.71. The van der Waals surface area contributed by atoms with E-state index in [1.54, 1.807) is 0 Å². The highest BCUT2D eigenvalue weighted by atomic mass is 35.5. The van der Waals surface area contributed by atoms with Gasteiger partial charge in [0.15, 0.2) is 0 Å². The molecule has 0 atom stereocenters. The van der Waals surface area contributed by atoms with Crippen LogP contribution in [0.3, 0.4) is 0 Å². The fourth-order valence-electron chi connectivity index (χ4n) is 1.42. The summed E-state index contributed by atoms with van der Waals surface area (Å²) in [4.78, 5) is 18.0. The number of aromatic amines is 1. The van der Waals surface area contributed by atoms with Crippen LogP contribution >= 0.6 is 11.6 Å².